The molecule has 0 aromatic heterocycles. The molecule has 6 atom stereocenters. The van der Waals surface area contributed by atoms with Crippen molar-refractivity contribution in [3.05, 3.63) is 41.5 Å². The quantitative estimate of drug-likeness (QED) is 0.439. The van der Waals surface area contributed by atoms with Gasteiger partial charge in [0.15, 0.2) is 0 Å². The van der Waals surface area contributed by atoms with Crippen LogP contribution in [0, 0.1) is 5.92 Å². The minimum atomic E-state index is -0.982. The first-order chi connectivity index (χ1) is 24.9. The van der Waals surface area contributed by atoms with Crippen LogP contribution >= 0.6 is 11.8 Å². The van der Waals surface area contributed by atoms with E-state index in [1.165, 1.54) is 9.80 Å². The largest absolute Gasteiger partial charge is 0.497 e. The first-order valence-electron chi connectivity index (χ1n) is 18.7. The zero-order chi connectivity index (χ0) is 37.9. The Kier molecular flexibility index (Phi) is 15.2. The molecule has 1 fully saturated rings. The Morgan fingerprint density at radius 1 is 0.981 bits per heavy atom. The molecule has 4 amide bonds. The van der Waals surface area contributed by atoms with Crippen LogP contribution in [0.4, 0.5) is 0 Å². The number of likely N-dealkylation sites (N-methyl/N-ethyl adjacent to an activating group) is 2. The van der Waals surface area contributed by atoms with E-state index in [1.807, 2.05) is 32.1 Å². The Balaban J connectivity index is 1.64. The van der Waals surface area contributed by atoms with Gasteiger partial charge in [-0.1, -0.05) is 51.3 Å². The number of cyclic esters (lactones) is 1. The highest BCUT2D eigenvalue weighted by Gasteiger charge is 2.43. The molecule has 4 rings (SSSR count). The van der Waals surface area contributed by atoms with E-state index in [2.05, 4.69) is 5.32 Å². The van der Waals surface area contributed by atoms with Crippen molar-refractivity contribution < 1.29 is 33.4 Å². The second kappa shape index (κ2) is 19.3. The number of esters is 1. The van der Waals surface area contributed by atoms with Crippen LogP contribution in [0.1, 0.15) is 84.6 Å². The van der Waals surface area contributed by atoms with E-state index >= 15 is 0 Å². The molecule has 52 heavy (non-hydrogen) atoms. The second-order valence-corrected chi connectivity index (χ2v) is 15.3. The Bertz CT molecular complexity index is 1500. The number of amides is 4. The first kappa shape index (κ1) is 40.9. The van der Waals surface area contributed by atoms with Gasteiger partial charge in [-0.05, 0) is 69.6 Å². The van der Waals surface area contributed by atoms with E-state index in [0.29, 0.717) is 43.7 Å². The highest BCUT2D eigenvalue weighted by atomic mass is 32.2. The molecule has 2 bridgehead atoms. The third-order valence-corrected chi connectivity index (χ3v) is 11.7. The van der Waals surface area contributed by atoms with Crippen molar-refractivity contribution in [1.82, 2.24) is 20.0 Å². The maximum Gasteiger partial charge on any atom is 0.328 e. The first-order valence-corrected chi connectivity index (χ1v) is 19.7. The van der Waals surface area contributed by atoms with Gasteiger partial charge in [-0.25, -0.2) is 4.79 Å². The average molecular weight is 740 g/mol. The molecule has 1 aromatic carbocycles. The summed E-state index contributed by atoms with van der Waals surface area (Å²) in [4.78, 5) is 78.6. The minimum absolute atomic E-state index is 0.137. The van der Waals surface area contributed by atoms with Crippen LogP contribution in [0.5, 0.6) is 5.75 Å². The molecule has 1 saturated heterocycles. The molecule has 3 heterocycles. The summed E-state index contributed by atoms with van der Waals surface area (Å²) in [5.41, 5.74) is 1.27. The number of fused-ring (bicyclic) bond motifs is 2. The SMILES string of the molecule is CC[C@H](C)[C@H]1C(=O)N2CCC[C@H]2C(=O)OCCCCCCC2=N[C@@H](/C=C(\C)C(=O)N[C@@H](Cc3ccc(OC)cc3)C(=O)N(C)[C@@H](C)C(=O)N1C)CS2. The summed E-state index contributed by atoms with van der Waals surface area (Å²) in [7, 11) is 4.70. The van der Waals surface area contributed by atoms with Crippen molar-refractivity contribution in [3.63, 3.8) is 0 Å². The lowest BCUT2D eigenvalue weighted by molar-refractivity contribution is -0.158. The lowest BCUT2D eigenvalue weighted by atomic mass is 9.95. The van der Waals surface area contributed by atoms with Gasteiger partial charge in [0.1, 0.15) is 29.9 Å². The fourth-order valence-electron chi connectivity index (χ4n) is 6.99. The molecule has 0 radical (unpaired) electrons. The Labute approximate surface area is 313 Å². The fraction of sp³-hybridized carbons (Fsp3) is 0.641. The zero-order valence-electron chi connectivity index (χ0n) is 31.9. The highest BCUT2D eigenvalue weighted by Crippen LogP contribution is 2.27. The number of hydrogen-bond acceptors (Lipinski definition) is 9. The van der Waals surface area contributed by atoms with Crippen LogP contribution in [0.3, 0.4) is 0 Å². The summed E-state index contributed by atoms with van der Waals surface area (Å²) in [6, 6.07) is 3.66. The van der Waals surface area contributed by atoms with Gasteiger partial charge in [-0.3, -0.25) is 24.2 Å². The lowest BCUT2D eigenvalue weighted by Gasteiger charge is -2.38. The molecule has 286 valence electrons. The monoisotopic (exact) mass is 739 g/mol. The number of nitrogens with zero attached hydrogens (tertiary/aromatic N) is 4. The number of thioether (sulfide) groups is 1. The van der Waals surface area contributed by atoms with Gasteiger partial charge in [0.25, 0.3) is 0 Å². The summed E-state index contributed by atoms with van der Waals surface area (Å²) in [6.45, 7) is 7.93. The van der Waals surface area contributed by atoms with Gasteiger partial charge in [0.2, 0.25) is 23.6 Å². The van der Waals surface area contributed by atoms with E-state index in [0.717, 1.165) is 48.5 Å². The number of rotatable bonds is 5. The molecular weight excluding hydrogens is 683 g/mol. The predicted molar refractivity (Wildman–Crippen MR) is 203 cm³/mol. The average Bonchev–Trinajstić information content (AvgIpc) is 3.82. The maximum atomic E-state index is 14.2. The van der Waals surface area contributed by atoms with E-state index in [9.17, 15) is 24.0 Å². The van der Waals surface area contributed by atoms with E-state index < -0.39 is 42.0 Å². The fourth-order valence-corrected chi connectivity index (χ4v) is 8.02. The highest BCUT2D eigenvalue weighted by molar-refractivity contribution is 8.14. The van der Waals surface area contributed by atoms with Crippen LogP contribution in [0.15, 0.2) is 40.9 Å². The van der Waals surface area contributed by atoms with Gasteiger partial charge in [-0.2, -0.15) is 0 Å². The third-order valence-electron chi connectivity index (χ3n) is 10.6. The zero-order valence-corrected chi connectivity index (χ0v) is 32.7. The second-order valence-electron chi connectivity index (χ2n) is 14.3. The topological polar surface area (TPSA) is 138 Å². The van der Waals surface area contributed by atoms with Crippen molar-refractivity contribution in [2.24, 2.45) is 10.9 Å². The van der Waals surface area contributed by atoms with Crippen molar-refractivity contribution in [1.29, 1.82) is 0 Å². The van der Waals surface area contributed by atoms with E-state index in [1.54, 1.807) is 63.8 Å². The van der Waals surface area contributed by atoms with Gasteiger partial charge in [0.05, 0.1) is 24.8 Å². The standard InChI is InChI=1S/C39H57N5O7S/c1-8-25(2)34-38(48)44-20-13-14-32(44)39(49)51-21-12-10-9-11-15-33-40-29(24-52-33)22-26(3)35(45)41-31(23-28-16-18-30(50-7)19-17-28)37(47)42(5)27(4)36(46)43(34)6/h16-19,22,25,27,29,31-32,34H,8-15,20-21,23-24H2,1-7H3,(H,41,45)/b26-22+/t25-,27-,29-,31-,32-,34-/m0/s1. The van der Waals surface area contributed by atoms with Gasteiger partial charge in [0, 0.05) is 38.4 Å². The molecule has 1 N–H and O–H groups in total. The molecule has 0 spiro atoms. The number of benzene rings is 1. The van der Waals surface area contributed by atoms with E-state index in [4.69, 9.17) is 14.5 Å². The smallest absolute Gasteiger partial charge is 0.328 e. The van der Waals surface area contributed by atoms with Gasteiger partial charge in [-0.15, -0.1) is 11.8 Å². The van der Waals surface area contributed by atoms with Gasteiger partial charge >= 0.3 is 5.97 Å². The van der Waals surface area contributed by atoms with Crippen LogP contribution in [-0.4, -0.2) is 120 Å². The normalized spacial score (nSPS) is 28.2. The Hall–Kier alpha value is -3.87. The van der Waals surface area contributed by atoms with Crippen LogP contribution in [-0.2, 0) is 35.1 Å². The molecule has 0 aliphatic carbocycles. The Morgan fingerprint density at radius 2 is 1.69 bits per heavy atom. The third kappa shape index (κ3) is 10.4. The van der Waals surface area contributed by atoms with Crippen molar-refractivity contribution in [2.75, 3.05) is 40.1 Å². The van der Waals surface area contributed by atoms with E-state index in [-0.39, 0.29) is 30.2 Å². The number of ether oxygens (including phenoxy) is 2. The van der Waals surface area contributed by atoms with Crippen LogP contribution in [0.25, 0.3) is 0 Å². The number of carbonyl (C=O) groups is 5. The summed E-state index contributed by atoms with van der Waals surface area (Å²) in [6.07, 6.45) is 8.28. The minimum Gasteiger partial charge on any atom is -0.497 e. The summed E-state index contributed by atoms with van der Waals surface area (Å²) < 4.78 is 11.0. The van der Waals surface area contributed by atoms with Gasteiger partial charge < -0.3 is 29.5 Å². The number of carbonyl (C=O) groups excluding carboxylic acids is 5. The molecule has 3 aliphatic rings. The Morgan fingerprint density at radius 3 is 2.38 bits per heavy atom. The molecule has 0 unspecified atom stereocenters. The summed E-state index contributed by atoms with van der Waals surface area (Å²) in [5, 5.41) is 4.00. The number of aliphatic imine (C=N–C) groups is 1. The van der Waals surface area contributed by atoms with Crippen molar-refractivity contribution in [3.8, 4) is 5.75 Å². The molecule has 13 heteroatoms. The molecule has 3 aliphatic heterocycles. The molecule has 12 nitrogen and oxygen atoms in total. The summed E-state index contributed by atoms with van der Waals surface area (Å²) in [5.74, 6) is -0.739. The molecule has 0 saturated carbocycles. The molecule has 1 aromatic rings. The van der Waals surface area contributed by atoms with Crippen LogP contribution in [0.2, 0.25) is 0 Å². The predicted octanol–water partition coefficient (Wildman–Crippen LogP) is 4.40. The van der Waals surface area contributed by atoms with Crippen molar-refractivity contribution in [2.45, 2.75) is 116 Å². The lowest BCUT2D eigenvalue weighted by Crippen LogP contribution is -2.59. The van der Waals surface area contributed by atoms with Crippen LogP contribution < -0.4 is 10.1 Å². The number of methoxy groups -OCH3 is 1. The van der Waals surface area contributed by atoms with Crippen molar-refractivity contribution >= 4 is 46.4 Å². The summed E-state index contributed by atoms with van der Waals surface area (Å²) >= 11 is 1.70. The maximum absolute atomic E-state index is 14.2. The molecular formula is C39H57N5O7S. The number of nitrogens with one attached hydrogen (secondary N) is 1. The number of hydrogen-bond donors (Lipinski definition) is 1.